The molecule has 2 aromatic heterocycles. The minimum atomic E-state index is -0.0676. The number of nitrogens with zero attached hydrogens (tertiary/aromatic N) is 3. The van der Waals surface area contributed by atoms with Crippen LogP contribution in [0.5, 0.6) is 0 Å². The SMILES string of the molecule is Cc1[nH]ncc1CCCNc1nccn(C(C)C)c1=O. The fourth-order valence-corrected chi connectivity index (χ4v) is 2.07. The first kappa shape index (κ1) is 14.3. The fraction of sp³-hybridized carbons (Fsp3) is 0.500. The lowest BCUT2D eigenvalue weighted by Gasteiger charge is -2.11. The van der Waals surface area contributed by atoms with Gasteiger partial charge in [0.15, 0.2) is 5.82 Å². The maximum absolute atomic E-state index is 12.1. The van der Waals surface area contributed by atoms with E-state index >= 15 is 0 Å². The summed E-state index contributed by atoms with van der Waals surface area (Å²) >= 11 is 0. The molecule has 0 spiro atoms. The fourth-order valence-electron chi connectivity index (χ4n) is 2.07. The second-order valence-corrected chi connectivity index (χ2v) is 5.13. The van der Waals surface area contributed by atoms with Gasteiger partial charge in [-0.2, -0.15) is 5.10 Å². The molecule has 0 bridgehead atoms. The molecule has 108 valence electrons. The summed E-state index contributed by atoms with van der Waals surface area (Å²) < 4.78 is 1.68. The first-order chi connectivity index (χ1) is 9.59. The molecule has 2 aromatic rings. The van der Waals surface area contributed by atoms with E-state index in [1.165, 1.54) is 5.56 Å². The largest absolute Gasteiger partial charge is 0.365 e. The monoisotopic (exact) mass is 275 g/mol. The van der Waals surface area contributed by atoms with Gasteiger partial charge in [-0.05, 0) is 39.2 Å². The molecule has 0 saturated heterocycles. The van der Waals surface area contributed by atoms with Crippen LogP contribution in [0.3, 0.4) is 0 Å². The number of aryl methyl sites for hydroxylation is 2. The van der Waals surface area contributed by atoms with Crippen LogP contribution in [-0.2, 0) is 6.42 Å². The molecular formula is C14H21N5O. The Morgan fingerprint density at radius 3 is 2.90 bits per heavy atom. The molecular weight excluding hydrogens is 254 g/mol. The molecule has 0 fully saturated rings. The maximum atomic E-state index is 12.1. The van der Waals surface area contributed by atoms with Crippen LogP contribution in [0, 0.1) is 6.92 Å². The molecule has 0 radical (unpaired) electrons. The van der Waals surface area contributed by atoms with Crippen molar-refractivity contribution in [2.75, 3.05) is 11.9 Å². The summed E-state index contributed by atoms with van der Waals surface area (Å²) in [4.78, 5) is 16.2. The molecule has 6 nitrogen and oxygen atoms in total. The van der Waals surface area contributed by atoms with Gasteiger partial charge < -0.3 is 9.88 Å². The number of aromatic amines is 1. The highest BCUT2D eigenvalue weighted by Crippen LogP contribution is 2.06. The van der Waals surface area contributed by atoms with Crippen molar-refractivity contribution in [2.24, 2.45) is 0 Å². The average molecular weight is 275 g/mol. The smallest absolute Gasteiger partial charge is 0.293 e. The van der Waals surface area contributed by atoms with Crippen LogP contribution >= 0.6 is 0 Å². The molecule has 0 atom stereocenters. The Bertz CT molecular complexity index is 614. The van der Waals surface area contributed by atoms with Crippen LogP contribution in [0.15, 0.2) is 23.4 Å². The Balaban J connectivity index is 1.90. The summed E-state index contributed by atoms with van der Waals surface area (Å²) in [5, 5.41) is 10.0. The zero-order valence-corrected chi connectivity index (χ0v) is 12.2. The molecule has 0 amide bonds. The normalized spacial score (nSPS) is 11.0. The van der Waals surface area contributed by atoms with Crippen LogP contribution in [0.25, 0.3) is 0 Å². The van der Waals surface area contributed by atoms with Crippen molar-refractivity contribution in [3.05, 3.63) is 40.2 Å². The third kappa shape index (κ3) is 3.26. The van der Waals surface area contributed by atoms with Gasteiger partial charge in [-0.25, -0.2) is 4.98 Å². The minimum absolute atomic E-state index is 0.0676. The van der Waals surface area contributed by atoms with Crippen LogP contribution in [0.2, 0.25) is 0 Å². The third-order valence-corrected chi connectivity index (χ3v) is 3.27. The highest BCUT2D eigenvalue weighted by Gasteiger charge is 2.06. The van der Waals surface area contributed by atoms with E-state index < -0.39 is 0 Å². The van der Waals surface area contributed by atoms with Crippen molar-refractivity contribution in [2.45, 2.75) is 39.7 Å². The van der Waals surface area contributed by atoms with Crippen molar-refractivity contribution in [3.63, 3.8) is 0 Å². The number of rotatable bonds is 6. The second kappa shape index (κ2) is 6.36. The first-order valence-corrected chi connectivity index (χ1v) is 6.89. The first-order valence-electron chi connectivity index (χ1n) is 6.89. The van der Waals surface area contributed by atoms with Gasteiger partial charge in [-0.15, -0.1) is 0 Å². The highest BCUT2D eigenvalue weighted by atomic mass is 16.1. The van der Waals surface area contributed by atoms with Gasteiger partial charge in [0.1, 0.15) is 0 Å². The van der Waals surface area contributed by atoms with Gasteiger partial charge in [0.25, 0.3) is 5.56 Å². The number of hydrogen-bond acceptors (Lipinski definition) is 4. The molecule has 20 heavy (non-hydrogen) atoms. The topological polar surface area (TPSA) is 75.6 Å². The molecule has 0 saturated carbocycles. The van der Waals surface area contributed by atoms with Gasteiger partial charge in [-0.1, -0.05) is 0 Å². The van der Waals surface area contributed by atoms with E-state index in [0.717, 1.165) is 25.1 Å². The Hall–Kier alpha value is -2.11. The predicted octanol–water partition coefficient (Wildman–Crippen LogP) is 1.90. The lowest BCUT2D eigenvalue weighted by atomic mass is 10.1. The van der Waals surface area contributed by atoms with Crippen molar-refractivity contribution >= 4 is 5.82 Å². The van der Waals surface area contributed by atoms with Crippen LogP contribution in [-0.4, -0.2) is 26.3 Å². The zero-order valence-electron chi connectivity index (χ0n) is 12.2. The van der Waals surface area contributed by atoms with Crippen LogP contribution in [0.1, 0.15) is 37.6 Å². The van der Waals surface area contributed by atoms with Crippen LogP contribution in [0.4, 0.5) is 5.82 Å². The van der Waals surface area contributed by atoms with E-state index in [9.17, 15) is 4.79 Å². The summed E-state index contributed by atoms with van der Waals surface area (Å²) in [6.45, 7) is 6.69. The number of aromatic nitrogens is 4. The summed E-state index contributed by atoms with van der Waals surface area (Å²) in [6, 6.07) is 0.139. The molecule has 6 heteroatoms. The van der Waals surface area contributed by atoms with Gasteiger partial charge in [0, 0.05) is 30.7 Å². The molecule has 0 unspecified atom stereocenters. The Morgan fingerprint density at radius 2 is 2.25 bits per heavy atom. The molecule has 0 aromatic carbocycles. The maximum Gasteiger partial charge on any atom is 0.293 e. The van der Waals surface area contributed by atoms with E-state index in [0.29, 0.717) is 5.82 Å². The minimum Gasteiger partial charge on any atom is -0.365 e. The second-order valence-electron chi connectivity index (χ2n) is 5.13. The van der Waals surface area contributed by atoms with E-state index in [-0.39, 0.29) is 11.6 Å². The summed E-state index contributed by atoms with van der Waals surface area (Å²) in [7, 11) is 0. The van der Waals surface area contributed by atoms with E-state index in [1.807, 2.05) is 27.0 Å². The lowest BCUT2D eigenvalue weighted by Crippen LogP contribution is -2.26. The molecule has 0 aliphatic carbocycles. The van der Waals surface area contributed by atoms with E-state index in [1.54, 1.807) is 17.0 Å². The van der Waals surface area contributed by atoms with Crippen molar-refractivity contribution < 1.29 is 0 Å². The molecule has 0 aliphatic heterocycles. The van der Waals surface area contributed by atoms with Gasteiger partial charge >= 0.3 is 0 Å². The summed E-state index contributed by atoms with van der Waals surface area (Å²) in [6.07, 6.45) is 7.08. The average Bonchev–Trinajstić information content (AvgIpc) is 2.81. The lowest BCUT2D eigenvalue weighted by molar-refractivity contribution is 0.575. The van der Waals surface area contributed by atoms with Crippen molar-refractivity contribution in [3.8, 4) is 0 Å². The van der Waals surface area contributed by atoms with Crippen LogP contribution < -0.4 is 10.9 Å². The van der Waals surface area contributed by atoms with Gasteiger partial charge in [-0.3, -0.25) is 9.89 Å². The molecule has 2 rings (SSSR count). The quantitative estimate of drug-likeness (QED) is 0.789. The number of H-pyrrole nitrogens is 1. The predicted molar refractivity (Wildman–Crippen MR) is 79.0 cm³/mol. The van der Waals surface area contributed by atoms with Crippen molar-refractivity contribution in [1.82, 2.24) is 19.7 Å². The van der Waals surface area contributed by atoms with Gasteiger partial charge in [0.05, 0.1) is 6.20 Å². The summed E-state index contributed by atoms with van der Waals surface area (Å²) in [5.41, 5.74) is 2.25. The molecule has 0 aliphatic rings. The zero-order chi connectivity index (χ0) is 14.5. The number of nitrogens with one attached hydrogen (secondary N) is 2. The Labute approximate surface area is 118 Å². The number of hydrogen-bond donors (Lipinski definition) is 2. The Morgan fingerprint density at radius 1 is 1.45 bits per heavy atom. The van der Waals surface area contributed by atoms with Crippen molar-refractivity contribution in [1.29, 1.82) is 0 Å². The van der Waals surface area contributed by atoms with E-state index in [4.69, 9.17) is 0 Å². The standard InChI is InChI=1S/C14H21N5O/c1-10(2)19-8-7-16-13(14(19)20)15-6-4-5-12-9-17-18-11(12)3/h7-10H,4-6H2,1-3H3,(H,15,16)(H,17,18). The molecule has 2 N–H and O–H groups in total. The Kier molecular flexibility index (Phi) is 4.55. The third-order valence-electron chi connectivity index (χ3n) is 3.27. The number of anilines is 1. The summed E-state index contributed by atoms with van der Waals surface area (Å²) in [5.74, 6) is 0.421. The highest BCUT2D eigenvalue weighted by molar-refractivity contribution is 5.30. The van der Waals surface area contributed by atoms with E-state index in [2.05, 4.69) is 20.5 Å². The molecule has 2 heterocycles. The van der Waals surface area contributed by atoms with Gasteiger partial charge in [0.2, 0.25) is 0 Å².